The van der Waals surface area contributed by atoms with Crippen LogP contribution < -0.4 is 19.9 Å². The summed E-state index contributed by atoms with van der Waals surface area (Å²) in [6.45, 7) is 10.1. The molecule has 2 aliphatic heterocycles. The highest BCUT2D eigenvalue weighted by atomic mass is 33.1. The molecular formula is C27H40N6O2S2. The molecule has 37 heavy (non-hydrogen) atoms. The van der Waals surface area contributed by atoms with Gasteiger partial charge in [0.05, 0.1) is 19.3 Å². The summed E-state index contributed by atoms with van der Waals surface area (Å²) in [5, 5.41) is 3.03. The van der Waals surface area contributed by atoms with Crippen molar-refractivity contribution in [2.75, 3.05) is 100 Å². The maximum atomic E-state index is 12.3. The fourth-order valence-corrected chi connectivity index (χ4v) is 6.71. The number of hydrogen-bond donors (Lipinski definition) is 1. The number of rotatable bonds is 10. The Hall–Kier alpha value is -2.14. The first kappa shape index (κ1) is 27.9. The number of piperazine rings is 1. The molecule has 202 valence electrons. The zero-order valence-corrected chi connectivity index (χ0v) is 23.5. The highest BCUT2D eigenvalue weighted by molar-refractivity contribution is 8.76. The largest absolute Gasteiger partial charge is 0.495 e. The lowest BCUT2D eigenvalue weighted by molar-refractivity contribution is -0.122. The normalized spacial score (nSPS) is 18.3. The second-order valence-corrected chi connectivity index (χ2v) is 12.0. The van der Waals surface area contributed by atoms with Crippen LogP contribution in [0.25, 0.3) is 0 Å². The summed E-state index contributed by atoms with van der Waals surface area (Å²) in [4.78, 5) is 26.6. The van der Waals surface area contributed by atoms with Gasteiger partial charge in [-0.1, -0.05) is 39.8 Å². The molecule has 2 saturated heterocycles. The van der Waals surface area contributed by atoms with Gasteiger partial charge < -0.3 is 19.9 Å². The van der Waals surface area contributed by atoms with Gasteiger partial charge in [0, 0.05) is 83.2 Å². The van der Waals surface area contributed by atoms with Crippen molar-refractivity contribution in [1.29, 1.82) is 0 Å². The lowest BCUT2D eigenvalue weighted by atomic mass is 10.2. The molecule has 0 radical (unpaired) electrons. The summed E-state index contributed by atoms with van der Waals surface area (Å²) in [6.07, 6.45) is 2.88. The summed E-state index contributed by atoms with van der Waals surface area (Å²) in [5.41, 5.74) is 1.18. The van der Waals surface area contributed by atoms with E-state index in [9.17, 15) is 4.79 Å². The first-order chi connectivity index (χ1) is 18.2. The molecular weight excluding hydrogens is 504 g/mol. The van der Waals surface area contributed by atoms with Crippen LogP contribution in [0.15, 0.2) is 48.7 Å². The third-order valence-electron chi connectivity index (χ3n) is 6.81. The quantitative estimate of drug-likeness (QED) is 0.455. The van der Waals surface area contributed by atoms with Crippen molar-refractivity contribution >= 4 is 39.0 Å². The number of nitrogens with zero attached hydrogens (tertiary/aromatic N) is 5. The molecule has 0 aliphatic carbocycles. The Kier molecular flexibility index (Phi) is 11.5. The summed E-state index contributed by atoms with van der Waals surface area (Å²) >= 11 is 0. The van der Waals surface area contributed by atoms with Crippen LogP contribution in [-0.4, -0.2) is 111 Å². The Morgan fingerprint density at radius 2 is 1.76 bits per heavy atom. The molecule has 8 nitrogen and oxygen atoms in total. The molecule has 2 aromatic rings. The first-order valence-electron chi connectivity index (χ1n) is 13.2. The van der Waals surface area contributed by atoms with Crippen LogP contribution in [0.5, 0.6) is 5.75 Å². The Morgan fingerprint density at radius 3 is 2.57 bits per heavy atom. The van der Waals surface area contributed by atoms with Crippen molar-refractivity contribution in [3.05, 3.63) is 48.7 Å². The standard InChI is InChI=1S/C27H40N6O2S2/c1-35-25-8-3-2-7-24(25)32-17-14-30(15-18-32)16-19-33(26-9-4-5-10-28-26)13-6-12-31-20-22-37-36-21-11-29-27(34)23-31/h2-5,7-10H,6,11-23H2,1H3,(H,29,34). The smallest absolute Gasteiger partial charge is 0.234 e. The molecule has 4 rings (SSSR count). The fraction of sp³-hybridized carbons (Fsp3) is 0.556. The minimum absolute atomic E-state index is 0.140. The van der Waals surface area contributed by atoms with E-state index in [0.29, 0.717) is 6.54 Å². The number of aromatic nitrogens is 1. The number of amides is 1. The molecule has 1 amide bonds. The van der Waals surface area contributed by atoms with Gasteiger partial charge in [-0.2, -0.15) is 0 Å². The van der Waals surface area contributed by atoms with Crippen molar-refractivity contribution in [2.45, 2.75) is 6.42 Å². The molecule has 2 aliphatic rings. The van der Waals surface area contributed by atoms with E-state index in [1.165, 1.54) is 5.69 Å². The van der Waals surface area contributed by atoms with Gasteiger partial charge in [-0.15, -0.1) is 0 Å². The Balaban J connectivity index is 1.27. The number of carbonyl (C=O) groups excluding carboxylic acids is 1. The number of pyridine rings is 1. The van der Waals surface area contributed by atoms with E-state index >= 15 is 0 Å². The van der Waals surface area contributed by atoms with Gasteiger partial charge in [0.25, 0.3) is 0 Å². The predicted octanol–water partition coefficient (Wildman–Crippen LogP) is 2.92. The summed E-state index contributed by atoms with van der Waals surface area (Å²) in [7, 11) is 5.49. The number of ether oxygens (including phenoxy) is 1. The summed E-state index contributed by atoms with van der Waals surface area (Å²) in [6, 6.07) is 14.4. The van der Waals surface area contributed by atoms with Crippen LogP contribution in [0.1, 0.15) is 6.42 Å². The third-order valence-corrected chi connectivity index (χ3v) is 9.20. The lowest BCUT2D eigenvalue weighted by Crippen LogP contribution is -2.49. The van der Waals surface area contributed by atoms with Gasteiger partial charge >= 0.3 is 0 Å². The highest BCUT2D eigenvalue weighted by Gasteiger charge is 2.20. The number of methoxy groups -OCH3 is 1. The maximum Gasteiger partial charge on any atom is 0.234 e. The van der Waals surface area contributed by atoms with Crippen LogP contribution in [0.2, 0.25) is 0 Å². The van der Waals surface area contributed by atoms with Crippen molar-refractivity contribution in [3.63, 3.8) is 0 Å². The minimum Gasteiger partial charge on any atom is -0.495 e. The minimum atomic E-state index is 0.140. The maximum absolute atomic E-state index is 12.3. The number of anilines is 2. The number of benzene rings is 1. The van der Waals surface area contributed by atoms with E-state index in [0.717, 1.165) is 94.9 Å². The topological polar surface area (TPSA) is 64.2 Å². The molecule has 0 unspecified atom stereocenters. The Labute approximate surface area is 229 Å². The van der Waals surface area contributed by atoms with Gasteiger partial charge in [0.2, 0.25) is 5.91 Å². The van der Waals surface area contributed by atoms with Gasteiger partial charge in [0.1, 0.15) is 11.6 Å². The van der Waals surface area contributed by atoms with Crippen LogP contribution in [0.3, 0.4) is 0 Å². The van der Waals surface area contributed by atoms with E-state index in [4.69, 9.17) is 4.74 Å². The van der Waals surface area contributed by atoms with E-state index in [2.05, 4.69) is 54.2 Å². The number of nitrogens with one attached hydrogen (secondary N) is 1. The molecule has 1 aromatic carbocycles. The monoisotopic (exact) mass is 544 g/mol. The van der Waals surface area contributed by atoms with Gasteiger partial charge in [0.15, 0.2) is 0 Å². The van der Waals surface area contributed by atoms with Gasteiger partial charge in [-0.25, -0.2) is 4.98 Å². The summed E-state index contributed by atoms with van der Waals surface area (Å²) < 4.78 is 5.57. The van der Waals surface area contributed by atoms with E-state index in [1.807, 2.05) is 46.0 Å². The van der Waals surface area contributed by atoms with Crippen molar-refractivity contribution < 1.29 is 9.53 Å². The third kappa shape index (κ3) is 8.98. The van der Waals surface area contributed by atoms with E-state index in [1.54, 1.807) is 7.11 Å². The van der Waals surface area contributed by atoms with Crippen molar-refractivity contribution in [1.82, 2.24) is 20.1 Å². The first-order valence-corrected chi connectivity index (χ1v) is 15.7. The molecule has 0 bridgehead atoms. The summed E-state index contributed by atoms with van der Waals surface area (Å²) in [5.74, 6) is 4.15. The number of para-hydroxylation sites is 2. The van der Waals surface area contributed by atoms with Crippen molar-refractivity contribution in [2.24, 2.45) is 0 Å². The SMILES string of the molecule is COc1ccccc1N1CCN(CCN(CCCN2CCSSCCNC(=O)C2)c2ccccn2)CC1. The molecule has 10 heteroatoms. The predicted molar refractivity (Wildman–Crippen MR) is 157 cm³/mol. The molecule has 2 fully saturated rings. The van der Waals surface area contributed by atoms with E-state index in [-0.39, 0.29) is 5.91 Å². The zero-order chi connectivity index (χ0) is 25.7. The Bertz CT molecular complexity index is 946. The fourth-order valence-electron chi connectivity index (χ4n) is 4.78. The molecule has 0 atom stereocenters. The molecule has 0 spiro atoms. The molecule has 3 heterocycles. The second-order valence-electron chi connectivity index (χ2n) is 9.30. The van der Waals surface area contributed by atoms with Crippen LogP contribution >= 0.6 is 21.6 Å². The zero-order valence-electron chi connectivity index (χ0n) is 21.9. The number of carbonyl (C=O) groups is 1. The molecule has 1 aromatic heterocycles. The molecule has 1 N–H and O–H groups in total. The molecule has 0 saturated carbocycles. The van der Waals surface area contributed by atoms with Crippen LogP contribution in [0.4, 0.5) is 11.5 Å². The average molecular weight is 545 g/mol. The van der Waals surface area contributed by atoms with E-state index < -0.39 is 0 Å². The average Bonchev–Trinajstić information content (AvgIpc) is 2.95. The van der Waals surface area contributed by atoms with Gasteiger partial charge in [-0.3, -0.25) is 14.6 Å². The second kappa shape index (κ2) is 15.3. The van der Waals surface area contributed by atoms with Crippen molar-refractivity contribution in [3.8, 4) is 5.75 Å². The van der Waals surface area contributed by atoms with Crippen LogP contribution in [-0.2, 0) is 4.79 Å². The highest BCUT2D eigenvalue weighted by Crippen LogP contribution is 2.28. The van der Waals surface area contributed by atoms with Gasteiger partial charge in [-0.05, 0) is 30.7 Å². The van der Waals surface area contributed by atoms with Crippen LogP contribution in [0, 0.1) is 0 Å². The number of hydrogen-bond acceptors (Lipinski definition) is 9. The lowest BCUT2D eigenvalue weighted by Gasteiger charge is -2.37. The Morgan fingerprint density at radius 1 is 0.946 bits per heavy atom.